The number of ether oxygens (including phenoxy) is 2. The number of hydrogen-bond acceptors (Lipinski definition) is 5. The zero-order chi connectivity index (χ0) is 18.5. The molecule has 0 bridgehead atoms. The van der Waals surface area contributed by atoms with Crippen LogP contribution in [0.1, 0.15) is 16.7 Å². The zero-order valence-electron chi connectivity index (χ0n) is 15.2. The average Bonchev–Trinajstić information content (AvgIpc) is 2.84. The molecule has 0 saturated carbocycles. The number of nitrogens with one attached hydrogen (secondary N) is 1. The third-order valence-electron chi connectivity index (χ3n) is 4.56. The number of aryl methyl sites for hydroxylation is 1. The van der Waals surface area contributed by atoms with Gasteiger partial charge in [-0.3, -0.25) is 4.79 Å². The molecule has 6 heteroatoms. The van der Waals surface area contributed by atoms with Gasteiger partial charge in [-0.2, -0.15) is 0 Å². The number of carbonyl (C=O) groups is 1. The lowest BCUT2D eigenvalue weighted by molar-refractivity contribution is -0.119. The molecule has 1 aliphatic heterocycles. The van der Waals surface area contributed by atoms with Gasteiger partial charge in [-0.1, -0.05) is 18.2 Å². The molecule has 0 spiro atoms. The van der Waals surface area contributed by atoms with E-state index in [2.05, 4.69) is 35.3 Å². The van der Waals surface area contributed by atoms with Crippen LogP contribution in [0.4, 0.5) is 5.69 Å². The number of fused-ring (bicyclic) bond motifs is 1. The Labute approximate surface area is 153 Å². The van der Waals surface area contributed by atoms with Crippen molar-refractivity contribution in [3.63, 3.8) is 0 Å². The predicted octanol–water partition coefficient (Wildman–Crippen LogP) is 1.98. The summed E-state index contributed by atoms with van der Waals surface area (Å²) >= 11 is 0. The Morgan fingerprint density at radius 2 is 2.12 bits per heavy atom. The van der Waals surface area contributed by atoms with Crippen LogP contribution in [-0.4, -0.2) is 32.7 Å². The van der Waals surface area contributed by atoms with Crippen LogP contribution in [-0.2, 0) is 17.9 Å². The number of carbonyl (C=O) groups excluding carboxylic acids is 1. The van der Waals surface area contributed by atoms with Gasteiger partial charge in [-0.05, 0) is 41.8 Å². The van der Waals surface area contributed by atoms with E-state index in [-0.39, 0.29) is 6.61 Å². The summed E-state index contributed by atoms with van der Waals surface area (Å²) in [6.07, 6.45) is 0. The summed E-state index contributed by atoms with van der Waals surface area (Å²) in [5.41, 5.74) is 10.2. The van der Waals surface area contributed by atoms with Gasteiger partial charge in [0.1, 0.15) is 0 Å². The Bertz CT molecular complexity index is 792. The first kappa shape index (κ1) is 18.1. The molecule has 0 fully saturated rings. The van der Waals surface area contributed by atoms with E-state index in [1.54, 1.807) is 7.11 Å². The number of benzene rings is 2. The smallest absolute Gasteiger partial charge is 0.255 e. The molecule has 6 nitrogen and oxygen atoms in total. The molecular formula is C20H25N3O3. The Balaban J connectivity index is 1.83. The number of primary amides is 1. The summed E-state index contributed by atoms with van der Waals surface area (Å²) in [7, 11) is 1.59. The molecule has 26 heavy (non-hydrogen) atoms. The highest BCUT2D eigenvalue weighted by atomic mass is 16.5. The second kappa shape index (κ2) is 8.10. The molecule has 1 aliphatic rings. The molecular weight excluding hydrogens is 330 g/mol. The van der Waals surface area contributed by atoms with Crippen molar-refractivity contribution in [1.29, 1.82) is 0 Å². The van der Waals surface area contributed by atoms with Crippen molar-refractivity contribution < 1.29 is 14.3 Å². The number of anilines is 1. The summed E-state index contributed by atoms with van der Waals surface area (Å²) in [6, 6.07) is 12.2. The number of amides is 1. The number of nitrogens with two attached hydrogens (primary N) is 1. The van der Waals surface area contributed by atoms with Gasteiger partial charge in [-0.15, -0.1) is 0 Å². The minimum Gasteiger partial charge on any atom is -0.493 e. The van der Waals surface area contributed by atoms with Crippen LogP contribution in [0, 0.1) is 6.92 Å². The number of methoxy groups -OCH3 is 1. The van der Waals surface area contributed by atoms with Crippen molar-refractivity contribution in [2.45, 2.75) is 20.0 Å². The summed E-state index contributed by atoms with van der Waals surface area (Å²) in [5.74, 6) is 0.602. The molecule has 0 atom stereocenters. The van der Waals surface area contributed by atoms with Crippen molar-refractivity contribution in [3.8, 4) is 11.5 Å². The van der Waals surface area contributed by atoms with Crippen molar-refractivity contribution in [1.82, 2.24) is 5.32 Å². The molecule has 0 unspecified atom stereocenters. The molecule has 3 rings (SSSR count). The molecule has 138 valence electrons. The fourth-order valence-corrected chi connectivity index (χ4v) is 3.22. The standard InChI is InChI=1S/C20H25N3O3/c1-14-4-3-5-17-16(14)11-22-8-9-23(17)12-15-6-7-18(19(10-15)25-2)26-13-20(21)24/h3-7,10,22H,8-9,11-13H2,1-2H3,(H2,21,24). The second-order valence-corrected chi connectivity index (χ2v) is 6.41. The lowest BCUT2D eigenvalue weighted by Crippen LogP contribution is -2.28. The Morgan fingerprint density at radius 1 is 1.27 bits per heavy atom. The summed E-state index contributed by atoms with van der Waals surface area (Å²) in [4.78, 5) is 13.3. The van der Waals surface area contributed by atoms with Crippen LogP contribution in [0.15, 0.2) is 36.4 Å². The van der Waals surface area contributed by atoms with Gasteiger partial charge in [0.25, 0.3) is 5.91 Å². The number of nitrogens with zero attached hydrogens (tertiary/aromatic N) is 1. The minimum atomic E-state index is -0.514. The normalized spacial score (nSPS) is 13.7. The highest BCUT2D eigenvalue weighted by Gasteiger charge is 2.17. The molecule has 1 amide bonds. The topological polar surface area (TPSA) is 76.8 Å². The number of rotatable bonds is 6. The first-order valence-electron chi connectivity index (χ1n) is 8.70. The maximum Gasteiger partial charge on any atom is 0.255 e. The van der Waals surface area contributed by atoms with E-state index in [1.165, 1.54) is 16.8 Å². The zero-order valence-corrected chi connectivity index (χ0v) is 15.2. The van der Waals surface area contributed by atoms with Crippen molar-refractivity contribution >= 4 is 11.6 Å². The van der Waals surface area contributed by atoms with Crippen LogP contribution in [0.2, 0.25) is 0 Å². The molecule has 0 aromatic heterocycles. The van der Waals surface area contributed by atoms with Gasteiger partial charge in [-0.25, -0.2) is 0 Å². The van der Waals surface area contributed by atoms with Crippen LogP contribution in [0.5, 0.6) is 11.5 Å². The average molecular weight is 355 g/mol. The van der Waals surface area contributed by atoms with Crippen molar-refractivity contribution in [2.24, 2.45) is 5.73 Å². The predicted molar refractivity (Wildman–Crippen MR) is 102 cm³/mol. The summed E-state index contributed by atoms with van der Waals surface area (Å²) in [6.45, 7) is 5.51. The molecule has 0 radical (unpaired) electrons. The highest BCUT2D eigenvalue weighted by molar-refractivity contribution is 5.75. The van der Waals surface area contributed by atoms with Crippen LogP contribution >= 0.6 is 0 Å². The minimum absolute atomic E-state index is 0.167. The third kappa shape index (κ3) is 4.08. The largest absolute Gasteiger partial charge is 0.493 e. The van der Waals surface area contributed by atoms with Crippen molar-refractivity contribution in [3.05, 3.63) is 53.1 Å². The molecule has 2 aromatic carbocycles. The van der Waals surface area contributed by atoms with E-state index in [4.69, 9.17) is 15.2 Å². The van der Waals surface area contributed by atoms with E-state index in [1.807, 2.05) is 18.2 Å². The Hall–Kier alpha value is -2.73. The van der Waals surface area contributed by atoms with Crippen molar-refractivity contribution in [2.75, 3.05) is 31.7 Å². The first-order chi connectivity index (χ1) is 12.6. The van der Waals surface area contributed by atoms with E-state index in [0.29, 0.717) is 11.5 Å². The molecule has 0 saturated heterocycles. The fraction of sp³-hybridized carbons (Fsp3) is 0.350. The SMILES string of the molecule is COc1cc(CN2CCNCc3c(C)cccc32)ccc1OCC(N)=O. The maximum absolute atomic E-state index is 10.9. The first-order valence-corrected chi connectivity index (χ1v) is 8.70. The van der Waals surface area contributed by atoms with E-state index in [0.717, 1.165) is 31.7 Å². The lowest BCUT2D eigenvalue weighted by atomic mass is 10.1. The number of hydrogen-bond donors (Lipinski definition) is 2. The van der Waals surface area contributed by atoms with Gasteiger partial charge in [0, 0.05) is 31.9 Å². The molecule has 3 N–H and O–H groups in total. The summed E-state index contributed by atoms with van der Waals surface area (Å²) in [5, 5.41) is 3.49. The third-order valence-corrected chi connectivity index (χ3v) is 4.56. The van der Waals surface area contributed by atoms with Gasteiger partial charge < -0.3 is 25.4 Å². The highest BCUT2D eigenvalue weighted by Crippen LogP contribution is 2.31. The van der Waals surface area contributed by atoms with Gasteiger partial charge in [0.15, 0.2) is 18.1 Å². The maximum atomic E-state index is 10.9. The Kier molecular flexibility index (Phi) is 5.63. The second-order valence-electron chi connectivity index (χ2n) is 6.41. The quantitative estimate of drug-likeness (QED) is 0.829. The Morgan fingerprint density at radius 3 is 2.88 bits per heavy atom. The van der Waals surface area contributed by atoms with E-state index in [9.17, 15) is 4.79 Å². The van der Waals surface area contributed by atoms with E-state index < -0.39 is 5.91 Å². The van der Waals surface area contributed by atoms with Gasteiger partial charge in [0.05, 0.1) is 7.11 Å². The van der Waals surface area contributed by atoms with Gasteiger partial charge in [0.2, 0.25) is 0 Å². The molecule has 0 aliphatic carbocycles. The monoisotopic (exact) mass is 355 g/mol. The van der Waals surface area contributed by atoms with Gasteiger partial charge >= 0.3 is 0 Å². The molecule has 2 aromatic rings. The lowest BCUT2D eigenvalue weighted by Gasteiger charge is -2.25. The van der Waals surface area contributed by atoms with Crippen LogP contribution in [0.25, 0.3) is 0 Å². The molecule has 1 heterocycles. The fourth-order valence-electron chi connectivity index (χ4n) is 3.22. The summed E-state index contributed by atoms with van der Waals surface area (Å²) < 4.78 is 10.8. The van der Waals surface area contributed by atoms with Crippen LogP contribution < -0.4 is 25.4 Å². The van der Waals surface area contributed by atoms with E-state index >= 15 is 0 Å². The van der Waals surface area contributed by atoms with Crippen LogP contribution in [0.3, 0.4) is 0 Å².